The van der Waals surface area contributed by atoms with Crippen molar-refractivity contribution in [2.24, 2.45) is 17.6 Å². The fourth-order valence-electron chi connectivity index (χ4n) is 4.43. The van der Waals surface area contributed by atoms with Crippen LogP contribution in [0, 0.1) is 11.8 Å². The number of hydrogen-bond acceptors (Lipinski definition) is 3. The molecule has 0 heterocycles. The SMILES string of the molecule is CNC1CCCC(C[C@@](N)(C=O)CCC2CCCCC2)C1. The van der Waals surface area contributed by atoms with Gasteiger partial charge < -0.3 is 15.8 Å². The van der Waals surface area contributed by atoms with E-state index in [2.05, 4.69) is 5.32 Å². The first kappa shape index (κ1) is 17.0. The highest BCUT2D eigenvalue weighted by molar-refractivity contribution is 5.63. The van der Waals surface area contributed by atoms with E-state index in [-0.39, 0.29) is 0 Å². The molecule has 2 rings (SSSR count). The van der Waals surface area contributed by atoms with Crippen LogP contribution in [0.4, 0.5) is 0 Å². The molecule has 0 aromatic carbocycles. The van der Waals surface area contributed by atoms with Gasteiger partial charge in [-0.25, -0.2) is 0 Å². The van der Waals surface area contributed by atoms with Crippen molar-refractivity contribution >= 4 is 6.29 Å². The van der Waals surface area contributed by atoms with Crippen molar-refractivity contribution in [1.29, 1.82) is 0 Å². The smallest absolute Gasteiger partial charge is 0.139 e. The van der Waals surface area contributed by atoms with E-state index in [1.165, 1.54) is 57.8 Å². The summed E-state index contributed by atoms with van der Waals surface area (Å²) < 4.78 is 0. The summed E-state index contributed by atoms with van der Waals surface area (Å²) in [6.45, 7) is 0. The third-order valence-electron chi connectivity index (χ3n) is 5.84. The van der Waals surface area contributed by atoms with Gasteiger partial charge in [-0.15, -0.1) is 0 Å². The Morgan fingerprint density at radius 2 is 1.81 bits per heavy atom. The topological polar surface area (TPSA) is 55.1 Å². The summed E-state index contributed by atoms with van der Waals surface area (Å²) in [5.41, 5.74) is 5.87. The summed E-state index contributed by atoms with van der Waals surface area (Å²) in [5.74, 6) is 1.44. The Kier molecular flexibility index (Phi) is 6.69. The van der Waals surface area contributed by atoms with E-state index in [4.69, 9.17) is 5.73 Å². The Morgan fingerprint density at radius 1 is 1.10 bits per heavy atom. The molecule has 2 aliphatic rings. The standard InChI is InChI=1S/C18H34N2O/c1-20-17-9-5-8-16(12-17)13-18(19,14-21)11-10-15-6-3-2-4-7-15/h14-17,20H,2-13,19H2,1H3/t16?,17?,18-/m1/s1. The highest BCUT2D eigenvalue weighted by atomic mass is 16.1. The lowest BCUT2D eigenvalue weighted by atomic mass is 9.75. The molecule has 21 heavy (non-hydrogen) atoms. The molecule has 3 heteroatoms. The van der Waals surface area contributed by atoms with Crippen LogP contribution < -0.4 is 11.1 Å². The maximum absolute atomic E-state index is 11.6. The lowest BCUT2D eigenvalue weighted by Gasteiger charge is -2.35. The van der Waals surface area contributed by atoms with E-state index >= 15 is 0 Å². The number of nitrogens with one attached hydrogen (secondary N) is 1. The minimum Gasteiger partial charge on any atom is -0.319 e. The third-order valence-corrected chi connectivity index (χ3v) is 5.84. The second-order valence-electron chi connectivity index (χ2n) is 7.62. The van der Waals surface area contributed by atoms with Crippen LogP contribution >= 0.6 is 0 Å². The van der Waals surface area contributed by atoms with Crippen LogP contribution in [-0.2, 0) is 4.79 Å². The van der Waals surface area contributed by atoms with Crippen LogP contribution in [0.2, 0.25) is 0 Å². The molecule has 3 nitrogen and oxygen atoms in total. The lowest BCUT2D eigenvalue weighted by Crippen LogP contribution is -2.45. The number of rotatable bonds is 7. The fraction of sp³-hybridized carbons (Fsp3) is 0.944. The maximum atomic E-state index is 11.6. The van der Waals surface area contributed by atoms with Gasteiger partial charge in [-0.1, -0.05) is 44.9 Å². The van der Waals surface area contributed by atoms with Crippen molar-refractivity contribution in [3.8, 4) is 0 Å². The van der Waals surface area contributed by atoms with Gasteiger partial charge in [0.1, 0.15) is 6.29 Å². The Labute approximate surface area is 130 Å². The number of carbonyl (C=O) groups excluding carboxylic acids is 1. The molecule has 0 saturated heterocycles. The number of carbonyl (C=O) groups is 1. The zero-order chi connectivity index (χ0) is 15.1. The average molecular weight is 294 g/mol. The predicted molar refractivity (Wildman–Crippen MR) is 88.2 cm³/mol. The summed E-state index contributed by atoms with van der Waals surface area (Å²) in [7, 11) is 2.05. The van der Waals surface area contributed by atoms with Gasteiger partial charge in [-0.2, -0.15) is 0 Å². The first-order valence-corrected chi connectivity index (χ1v) is 9.07. The highest BCUT2D eigenvalue weighted by Crippen LogP contribution is 2.34. The van der Waals surface area contributed by atoms with Crippen molar-refractivity contribution in [1.82, 2.24) is 5.32 Å². The minimum atomic E-state index is -0.572. The van der Waals surface area contributed by atoms with Crippen LogP contribution in [0.1, 0.15) is 77.0 Å². The first-order chi connectivity index (χ1) is 10.1. The summed E-state index contributed by atoms with van der Waals surface area (Å²) in [6.07, 6.45) is 15.8. The highest BCUT2D eigenvalue weighted by Gasteiger charge is 2.32. The molecule has 3 atom stereocenters. The lowest BCUT2D eigenvalue weighted by molar-refractivity contribution is -0.113. The van der Waals surface area contributed by atoms with Gasteiger partial charge in [0, 0.05) is 6.04 Å². The molecule has 2 aliphatic carbocycles. The Balaban J connectivity index is 1.80. The summed E-state index contributed by atoms with van der Waals surface area (Å²) in [5, 5.41) is 3.39. The molecular formula is C18H34N2O. The zero-order valence-corrected chi connectivity index (χ0v) is 13.8. The Morgan fingerprint density at radius 3 is 2.48 bits per heavy atom. The van der Waals surface area contributed by atoms with Crippen molar-refractivity contribution in [3.05, 3.63) is 0 Å². The minimum absolute atomic E-state index is 0.572. The summed E-state index contributed by atoms with van der Waals surface area (Å²) >= 11 is 0. The molecule has 3 N–H and O–H groups in total. The molecular weight excluding hydrogens is 260 g/mol. The molecule has 0 aromatic rings. The van der Waals surface area contributed by atoms with Gasteiger partial charge in [-0.3, -0.25) is 0 Å². The van der Waals surface area contributed by atoms with Gasteiger partial charge in [0.15, 0.2) is 0 Å². The Bertz CT molecular complexity index is 314. The largest absolute Gasteiger partial charge is 0.319 e. The number of hydrogen-bond donors (Lipinski definition) is 2. The second kappa shape index (κ2) is 8.28. The van der Waals surface area contributed by atoms with Crippen molar-refractivity contribution in [2.75, 3.05) is 7.05 Å². The molecule has 2 unspecified atom stereocenters. The zero-order valence-electron chi connectivity index (χ0n) is 13.8. The molecule has 0 bridgehead atoms. The Hall–Kier alpha value is -0.410. The van der Waals surface area contributed by atoms with Gasteiger partial charge in [-0.05, 0) is 51.0 Å². The quantitative estimate of drug-likeness (QED) is 0.707. The van der Waals surface area contributed by atoms with E-state index in [0.29, 0.717) is 12.0 Å². The number of nitrogens with two attached hydrogens (primary N) is 1. The van der Waals surface area contributed by atoms with Gasteiger partial charge in [0.2, 0.25) is 0 Å². The van der Waals surface area contributed by atoms with Crippen molar-refractivity contribution < 1.29 is 4.79 Å². The number of aldehydes is 1. The van der Waals surface area contributed by atoms with Crippen molar-refractivity contribution in [2.45, 2.75) is 88.6 Å². The summed E-state index contributed by atoms with van der Waals surface area (Å²) in [6, 6.07) is 0.623. The van der Waals surface area contributed by atoms with Crippen LogP contribution in [0.25, 0.3) is 0 Å². The van der Waals surface area contributed by atoms with Crippen LogP contribution in [0.5, 0.6) is 0 Å². The molecule has 2 saturated carbocycles. The molecule has 0 aromatic heterocycles. The fourth-order valence-corrected chi connectivity index (χ4v) is 4.43. The van der Waals surface area contributed by atoms with E-state index in [9.17, 15) is 4.79 Å². The summed E-state index contributed by atoms with van der Waals surface area (Å²) in [4.78, 5) is 11.6. The average Bonchev–Trinajstić information content (AvgIpc) is 2.54. The monoisotopic (exact) mass is 294 g/mol. The van der Waals surface area contributed by atoms with Crippen LogP contribution in [0.15, 0.2) is 0 Å². The molecule has 0 amide bonds. The van der Waals surface area contributed by atoms with E-state index < -0.39 is 5.54 Å². The van der Waals surface area contributed by atoms with Gasteiger partial charge in [0.25, 0.3) is 0 Å². The first-order valence-electron chi connectivity index (χ1n) is 9.07. The van der Waals surface area contributed by atoms with E-state index in [0.717, 1.165) is 31.5 Å². The molecule has 0 aliphatic heterocycles. The molecule has 0 spiro atoms. The van der Waals surface area contributed by atoms with Gasteiger partial charge in [0.05, 0.1) is 5.54 Å². The van der Waals surface area contributed by atoms with Crippen LogP contribution in [0.3, 0.4) is 0 Å². The molecule has 0 radical (unpaired) electrons. The predicted octanol–water partition coefficient (Wildman–Crippen LogP) is 3.41. The molecule has 2 fully saturated rings. The van der Waals surface area contributed by atoms with Crippen LogP contribution in [-0.4, -0.2) is 24.9 Å². The third kappa shape index (κ3) is 5.37. The van der Waals surface area contributed by atoms with E-state index in [1.807, 2.05) is 7.05 Å². The molecule has 122 valence electrons. The van der Waals surface area contributed by atoms with Crippen molar-refractivity contribution in [3.63, 3.8) is 0 Å². The van der Waals surface area contributed by atoms with E-state index in [1.54, 1.807) is 0 Å². The normalized spacial score (nSPS) is 30.8. The van der Waals surface area contributed by atoms with Gasteiger partial charge >= 0.3 is 0 Å². The maximum Gasteiger partial charge on any atom is 0.139 e. The second-order valence-corrected chi connectivity index (χ2v) is 7.62.